The topological polar surface area (TPSA) is 31.4 Å². The zero-order chi connectivity index (χ0) is 10.9. The van der Waals surface area contributed by atoms with Gasteiger partial charge in [0.1, 0.15) is 5.75 Å². The maximum Gasteiger partial charge on any atom is 0.188 e. The van der Waals surface area contributed by atoms with Crippen molar-refractivity contribution in [2.24, 2.45) is 0 Å². The van der Waals surface area contributed by atoms with Crippen LogP contribution in [0.15, 0.2) is 18.5 Å². The van der Waals surface area contributed by atoms with E-state index in [9.17, 15) is 0 Å². The van der Waals surface area contributed by atoms with Crippen LogP contribution in [0.25, 0.3) is 0 Å². The smallest absolute Gasteiger partial charge is 0.188 e. The van der Waals surface area contributed by atoms with Gasteiger partial charge < -0.3 is 9.47 Å². The van der Waals surface area contributed by atoms with Gasteiger partial charge in [0.2, 0.25) is 0 Å². The van der Waals surface area contributed by atoms with Gasteiger partial charge in [-0.25, -0.2) is 0 Å². The lowest BCUT2D eigenvalue weighted by Gasteiger charge is -2.03. The second-order valence-electron chi connectivity index (χ2n) is 2.70. The van der Waals surface area contributed by atoms with Crippen LogP contribution in [0.1, 0.15) is 12.0 Å². The van der Waals surface area contributed by atoms with E-state index in [0.29, 0.717) is 18.1 Å². The van der Waals surface area contributed by atoms with E-state index in [1.165, 1.54) is 0 Å². The first-order valence-corrected chi connectivity index (χ1v) is 5.02. The summed E-state index contributed by atoms with van der Waals surface area (Å²) < 4.78 is 10.0. The molecule has 3 nitrogen and oxygen atoms in total. The fourth-order valence-electron chi connectivity index (χ4n) is 0.905. The number of alkyl halides is 1. The third-order valence-corrected chi connectivity index (χ3v) is 1.70. The van der Waals surface area contributed by atoms with E-state index in [1.54, 1.807) is 19.5 Å². The Morgan fingerprint density at radius 3 is 3.07 bits per heavy atom. The predicted octanol–water partition coefficient (Wildman–Crippen LogP) is 2.04. The zero-order valence-electron chi connectivity index (χ0n) is 8.50. The van der Waals surface area contributed by atoms with Gasteiger partial charge in [-0.3, -0.25) is 4.98 Å². The molecule has 0 fully saturated rings. The van der Waals surface area contributed by atoms with Gasteiger partial charge in [0.15, 0.2) is 6.79 Å². The second-order valence-corrected chi connectivity index (χ2v) is 3.08. The van der Waals surface area contributed by atoms with Crippen molar-refractivity contribution in [1.82, 2.24) is 4.98 Å². The monoisotopic (exact) mass is 225 g/mol. The van der Waals surface area contributed by atoms with Crippen LogP contribution in [-0.4, -0.2) is 24.8 Å². The molecule has 1 heterocycles. The molecular formula is C11H12ClNO2. The van der Waals surface area contributed by atoms with Gasteiger partial charge in [-0.15, -0.1) is 11.6 Å². The first-order valence-electron chi connectivity index (χ1n) is 4.48. The van der Waals surface area contributed by atoms with Crippen molar-refractivity contribution >= 4 is 11.6 Å². The van der Waals surface area contributed by atoms with Gasteiger partial charge in [0, 0.05) is 31.2 Å². The fraction of sp³-hybridized carbons (Fsp3) is 0.364. The molecule has 15 heavy (non-hydrogen) atoms. The van der Waals surface area contributed by atoms with E-state index in [1.807, 2.05) is 6.07 Å². The van der Waals surface area contributed by atoms with Gasteiger partial charge in [-0.2, -0.15) is 0 Å². The fourth-order valence-corrected chi connectivity index (χ4v) is 0.999. The number of pyridine rings is 1. The van der Waals surface area contributed by atoms with Gasteiger partial charge in [0.05, 0.1) is 6.20 Å². The van der Waals surface area contributed by atoms with Crippen molar-refractivity contribution in [1.29, 1.82) is 0 Å². The summed E-state index contributed by atoms with van der Waals surface area (Å²) in [6, 6.07) is 1.81. The van der Waals surface area contributed by atoms with Crippen molar-refractivity contribution in [2.45, 2.75) is 6.42 Å². The molecule has 0 amide bonds. The minimum atomic E-state index is 0.209. The molecule has 0 radical (unpaired) electrons. The Morgan fingerprint density at radius 2 is 2.33 bits per heavy atom. The molecule has 0 saturated carbocycles. The first kappa shape index (κ1) is 11.8. The molecule has 0 unspecified atom stereocenters. The van der Waals surface area contributed by atoms with Crippen molar-refractivity contribution in [3.8, 4) is 17.6 Å². The van der Waals surface area contributed by atoms with Crippen LogP contribution in [0.5, 0.6) is 5.75 Å². The Hall–Kier alpha value is -1.24. The van der Waals surface area contributed by atoms with Crippen molar-refractivity contribution in [3.63, 3.8) is 0 Å². The number of hydrogen-bond donors (Lipinski definition) is 0. The van der Waals surface area contributed by atoms with Crippen molar-refractivity contribution in [2.75, 3.05) is 19.8 Å². The number of aromatic nitrogens is 1. The molecule has 1 rings (SSSR count). The average molecular weight is 226 g/mol. The van der Waals surface area contributed by atoms with Crippen molar-refractivity contribution in [3.05, 3.63) is 24.0 Å². The van der Waals surface area contributed by atoms with Crippen LogP contribution < -0.4 is 4.74 Å². The SMILES string of the molecule is COCOc1cncc(C#CCCCl)c1. The highest BCUT2D eigenvalue weighted by atomic mass is 35.5. The van der Waals surface area contributed by atoms with E-state index in [2.05, 4.69) is 16.8 Å². The molecular weight excluding hydrogens is 214 g/mol. The summed E-state index contributed by atoms with van der Waals surface area (Å²) in [6.07, 6.45) is 3.97. The minimum absolute atomic E-state index is 0.209. The third kappa shape index (κ3) is 4.68. The number of methoxy groups -OCH3 is 1. The molecule has 0 saturated heterocycles. The Kier molecular flexibility index (Phi) is 5.60. The molecule has 1 aromatic heterocycles. The highest BCUT2D eigenvalue weighted by molar-refractivity contribution is 6.18. The molecule has 80 valence electrons. The van der Waals surface area contributed by atoms with E-state index < -0.39 is 0 Å². The molecule has 4 heteroatoms. The maximum atomic E-state index is 5.51. The molecule has 0 atom stereocenters. The summed E-state index contributed by atoms with van der Waals surface area (Å²) in [5.41, 5.74) is 0.814. The van der Waals surface area contributed by atoms with Crippen LogP contribution >= 0.6 is 11.6 Å². The molecule has 0 aliphatic heterocycles. The van der Waals surface area contributed by atoms with Gasteiger partial charge in [0.25, 0.3) is 0 Å². The van der Waals surface area contributed by atoms with Crippen LogP contribution in [0.4, 0.5) is 0 Å². The van der Waals surface area contributed by atoms with Crippen LogP contribution in [-0.2, 0) is 4.74 Å². The summed E-state index contributed by atoms with van der Waals surface area (Å²) >= 11 is 5.51. The number of hydrogen-bond acceptors (Lipinski definition) is 3. The van der Waals surface area contributed by atoms with Gasteiger partial charge >= 0.3 is 0 Å². The molecule has 0 bridgehead atoms. The van der Waals surface area contributed by atoms with E-state index in [4.69, 9.17) is 21.1 Å². The number of nitrogens with zero attached hydrogens (tertiary/aromatic N) is 1. The number of rotatable bonds is 4. The first-order chi connectivity index (χ1) is 7.36. The second kappa shape index (κ2) is 7.10. The maximum absolute atomic E-state index is 5.51. The summed E-state index contributed by atoms with van der Waals surface area (Å²) in [4.78, 5) is 4.00. The Morgan fingerprint density at radius 1 is 1.47 bits per heavy atom. The minimum Gasteiger partial charge on any atom is -0.466 e. The predicted molar refractivity (Wildman–Crippen MR) is 59.0 cm³/mol. The molecule has 0 aromatic carbocycles. The summed E-state index contributed by atoms with van der Waals surface area (Å²) in [5.74, 6) is 7.06. The van der Waals surface area contributed by atoms with Gasteiger partial charge in [-0.1, -0.05) is 11.8 Å². The van der Waals surface area contributed by atoms with Crippen LogP contribution in [0.2, 0.25) is 0 Å². The van der Waals surface area contributed by atoms with E-state index in [0.717, 1.165) is 5.56 Å². The standard InChI is InChI=1S/C11H12ClNO2/c1-14-9-15-11-6-10(7-13-8-11)4-2-3-5-12/h6-8H,3,5,9H2,1H3. The van der Waals surface area contributed by atoms with Crippen LogP contribution in [0.3, 0.4) is 0 Å². The molecule has 1 aromatic rings. The lowest BCUT2D eigenvalue weighted by atomic mass is 10.3. The highest BCUT2D eigenvalue weighted by Gasteiger charge is 1.94. The largest absolute Gasteiger partial charge is 0.466 e. The molecule has 0 aliphatic rings. The number of halogens is 1. The summed E-state index contributed by atoms with van der Waals surface area (Å²) in [7, 11) is 1.57. The molecule has 0 spiro atoms. The highest BCUT2D eigenvalue weighted by Crippen LogP contribution is 2.10. The Balaban J connectivity index is 2.62. The zero-order valence-corrected chi connectivity index (χ0v) is 9.25. The third-order valence-electron chi connectivity index (χ3n) is 1.51. The van der Waals surface area contributed by atoms with E-state index in [-0.39, 0.29) is 6.79 Å². The lowest BCUT2D eigenvalue weighted by Crippen LogP contribution is -1.99. The Labute approximate surface area is 94.4 Å². The molecule has 0 N–H and O–H groups in total. The molecule has 0 aliphatic carbocycles. The summed E-state index contributed by atoms with van der Waals surface area (Å²) in [5, 5.41) is 0. The quantitative estimate of drug-likeness (QED) is 0.447. The normalized spacial score (nSPS) is 9.20. The number of ether oxygens (including phenoxy) is 2. The van der Waals surface area contributed by atoms with E-state index >= 15 is 0 Å². The Bertz CT molecular complexity index is 357. The van der Waals surface area contributed by atoms with Gasteiger partial charge in [-0.05, 0) is 6.07 Å². The average Bonchev–Trinajstić information content (AvgIpc) is 2.27. The summed E-state index contributed by atoms with van der Waals surface area (Å²) in [6.45, 7) is 0.209. The lowest BCUT2D eigenvalue weighted by molar-refractivity contribution is 0.0508. The van der Waals surface area contributed by atoms with Crippen LogP contribution in [0, 0.1) is 11.8 Å². The van der Waals surface area contributed by atoms with Crippen molar-refractivity contribution < 1.29 is 9.47 Å².